The first-order chi connectivity index (χ1) is 15.7. The molecule has 1 fully saturated rings. The summed E-state index contributed by atoms with van der Waals surface area (Å²) in [7, 11) is 0. The second-order valence-corrected chi connectivity index (χ2v) is 9.53. The molecule has 0 unspecified atom stereocenters. The van der Waals surface area contributed by atoms with Gasteiger partial charge in [0.05, 0.1) is 13.2 Å². The van der Waals surface area contributed by atoms with Crippen molar-refractivity contribution in [2.24, 2.45) is 0 Å². The van der Waals surface area contributed by atoms with Crippen LogP contribution in [-0.2, 0) is 42.8 Å². The van der Waals surface area contributed by atoms with Gasteiger partial charge in [-0.1, -0.05) is 0 Å². The van der Waals surface area contributed by atoms with Gasteiger partial charge in [0.15, 0.2) is 6.04 Å². The Labute approximate surface area is 199 Å². The summed E-state index contributed by atoms with van der Waals surface area (Å²) < 4.78 is 32.6. The number of carbonyl (C=O) groups is 5. The van der Waals surface area contributed by atoms with Crippen molar-refractivity contribution < 1.29 is 52.4 Å². The van der Waals surface area contributed by atoms with Crippen molar-refractivity contribution in [1.82, 2.24) is 4.90 Å². The highest BCUT2D eigenvalue weighted by Crippen LogP contribution is 2.21. The minimum Gasteiger partial charge on any atom is -0.458 e. The van der Waals surface area contributed by atoms with Crippen molar-refractivity contribution in [2.75, 3.05) is 26.4 Å². The van der Waals surface area contributed by atoms with E-state index in [1.54, 1.807) is 41.5 Å². The molecular weight excluding hydrogens is 454 g/mol. The van der Waals surface area contributed by atoms with E-state index in [9.17, 15) is 24.0 Å². The van der Waals surface area contributed by atoms with E-state index in [1.807, 2.05) is 0 Å². The number of nitrogens with zero attached hydrogens (tertiary/aromatic N) is 1. The topological polar surface area (TPSA) is 144 Å². The van der Waals surface area contributed by atoms with Gasteiger partial charge in [0, 0.05) is 0 Å². The molecule has 1 aliphatic heterocycles. The lowest BCUT2D eigenvalue weighted by molar-refractivity contribution is -0.170. The average Bonchev–Trinajstić information content (AvgIpc) is 2.72. The Morgan fingerprint density at radius 2 is 1.44 bits per heavy atom. The van der Waals surface area contributed by atoms with E-state index in [1.165, 1.54) is 6.92 Å². The van der Waals surface area contributed by atoms with Gasteiger partial charge in [-0.15, -0.1) is 0 Å². The van der Waals surface area contributed by atoms with Crippen molar-refractivity contribution in [3.63, 3.8) is 0 Å². The number of carbonyl (C=O) groups excluding carboxylic acids is 5. The molecule has 0 aromatic rings. The molecule has 0 aromatic carbocycles. The Balaban J connectivity index is 3.30. The van der Waals surface area contributed by atoms with Gasteiger partial charge in [-0.3, -0.25) is 0 Å². The molecule has 1 aliphatic rings. The first-order valence-corrected chi connectivity index (χ1v) is 10.8. The zero-order chi connectivity index (χ0) is 26.1. The fraction of sp³-hybridized carbons (Fsp3) is 0.773. The maximum atomic E-state index is 13.1. The Kier molecular flexibility index (Phi) is 11.1. The number of rotatable bonds is 7. The number of amides is 2. The van der Waals surface area contributed by atoms with Crippen LogP contribution in [0.15, 0.2) is 0 Å². The quantitative estimate of drug-likeness (QED) is 0.292. The number of hydrogen-bond donors (Lipinski definition) is 0. The molecule has 0 bridgehead atoms. The van der Waals surface area contributed by atoms with Gasteiger partial charge in [-0.05, 0) is 48.5 Å². The fourth-order valence-electron chi connectivity index (χ4n) is 2.92. The Morgan fingerprint density at radius 1 is 0.941 bits per heavy atom. The molecule has 0 saturated carbocycles. The van der Waals surface area contributed by atoms with E-state index in [2.05, 4.69) is 0 Å². The molecule has 194 valence electrons. The van der Waals surface area contributed by atoms with Crippen molar-refractivity contribution >= 4 is 30.7 Å². The van der Waals surface area contributed by atoms with Crippen molar-refractivity contribution in [3.8, 4) is 0 Å². The second-order valence-electron chi connectivity index (χ2n) is 9.53. The lowest BCUT2D eigenvalue weighted by Crippen LogP contribution is -2.54. The van der Waals surface area contributed by atoms with Crippen LogP contribution in [0.1, 0.15) is 48.5 Å². The molecule has 0 aliphatic carbocycles. The lowest BCUT2D eigenvalue weighted by Gasteiger charge is -2.32. The van der Waals surface area contributed by atoms with Crippen LogP contribution in [0.3, 0.4) is 0 Å². The molecule has 34 heavy (non-hydrogen) atoms. The van der Waals surface area contributed by atoms with Gasteiger partial charge in [0.25, 0.3) is 0 Å². The predicted molar refractivity (Wildman–Crippen MR) is 116 cm³/mol. The van der Waals surface area contributed by atoms with Crippen molar-refractivity contribution in [2.45, 2.75) is 84.0 Å². The molecule has 0 aromatic heterocycles. The predicted octanol–water partition coefficient (Wildman–Crippen LogP) is 1.66. The van der Waals surface area contributed by atoms with Gasteiger partial charge in [0.2, 0.25) is 0 Å². The summed E-state index contributed by atoms with van der Waals surface area (Å²) in [4.78, 5) is 61.0. The molecule has 0 radical (unpaired) electrons. The molecule has 1 rings (SSSR count). The summed E-state index contributed by atoms with van der Waals surface area (Å²) in [5.74, 6) is -0.986. The van der Waals surface area contributed by atoms with Gasteiger partial charge >= 0.3 is 18.2 Å². The van der Waals surface area contributed by atoms with Gasteiger partial charge in [-0.2, -0.15) is 4.90 Å². The molecule has 1 saturated heterocycles. The minimum absolute atomic E-state index is 0.189. The number of cyclic esters (lactones) is 1. The highest BCUT2D eigenvalue weighted by atomic mass is 16.6. The monoisotopic (exact) mass is 489 g/mol. The van der Waals surface area contributed by atoms with E-state index >= 15 is 0 Å². The van der Waals surface area contributed by atoms with E-state index < -0.39 is 60.3 Å². The lowest BCUT2D eigenvalue weighted by atomic mass is 10.1. The second kappa shape index (κ2) is 12.8. The third-order valence-corrected chi connectivity index (χ3v) is 4.19. The van der Waals surface area contributed by atoms with Gasteiger partial charge in [0.1, 0.15) is 55.3 Å². The summed E-state index contributed by atoms with van der Waals surface area (Å²) in [5.41, 5.74) is -1.95. The normalized spacial score (nSPS) is 24.0. The van der Waals surface area contributed by atoms with Crippen LogP contribution >= 0.6 is 0 Å². The SMILES string of the molecule is C[C@@H]1OC(=O)[C@@H](N(C(=O)OC(C)(C)C)C(=O)OC(C)(C)C)COC[C@H](OCC=O)[C@H]1OCC=O. The molecule has 1 heterocycles. The van der Waals surface area contributed by atoms with E-state index in [-0.39, 0.29) is 19.8 Å². The molecule has 0 spiro atoms. The summed E-state index contributed by atoms with van der Waals surface area (Å²) in [6.45, 7) is 9.81. The Morgan fingerprint density at radius 3 is 1.91 bits per heavy atom. The molecule has 0 N–H and O–H groups in total. The minimum atomic E-state index is -1.55. The number of hydrogen-bond acceptors (Lipinski definition) is 11. The number of esters is 1. The van der Waals surface area contributed by atoms with Crippen LogP contribution in [0.2, 0.25) is 0 Å². The fourth-order valence-corrected chi connectivity index (χ4v) is 2.92. The Bertz CT molecular complexity index is 697. The van der Waals surface area contributed by atoms with E-state index in [0.29, 0.717) is 17.5 Å². The van der Waals surface area contributed by atoms with Crippen LogP contribution in [0.25, 0.3) is 0 Å². The number of aldehydes is 2. The third-order valence-electron chi connectivity index (χ3n) is 4.19. The number of ether oxygens (including phenoxy) is 6. The summed E-state index contributed by atoms with van der Waals surface area (Å²) in [6, 6.07) is -1.55. The van der Waals surface area contributed by atoms with Crippen LogP contribution in [0, 0.1) is 0 Å². The summed E-state index contributed by atoms with van der Waals surface area (Å²) >= 11 is 0. The molecule has 4 atom stereocenters. The average molecular weight is 490 g/mol. The standard InChI is InChI=1S/C22H35NO11/c1-14-17(31-11-9-25)16(30-10-8-24)13-29-12-15(18(26)32-14)23(19(27)33-21(2,3)4)20(28)34-22(5,6)7/h8-9,14-17H,10-13H2,1-7H3/t14-,15-,16-,17-/m0/s1. The highest BCUT2D eigenvalue weighted by molar-refractivity contribution is 5.94. The molecular formula is C22H35NO11. The third kappa shape index (κ3) is 9.74. The maximum absolute atomic E-state index is 13.1. The molecule has 2 amide bonds. The van der Waals surface area contributed by atoms with Gasteiger partial charge < -0.3 is 38.0 Å². The van der Waals surface area contributed by atoms with E-state index in [4.69, 9.17) is 28.4 Å². The summed E-state index contributed by atoms with van der Waals surface area (Å²) in [6.07, 6.45) is -4.06. The van der Waals surface area contributed by atoms with Crippen LogP contribution in [0.4, 0.5) is 9.59 Å². The first kappa shape index (κ1) is 29.5. The zero-order valence-corrected chi connectivity index (χ0v) is 20.7. The number of imide groups is 1. The zero-order valence-electron chi connectivity index (χ0n) is 20.7. The molecule has 12 nitrogen and oxygen atoms in total. The van der Waals surface area contributed by atoms with E-state index in [0.717, 1.165) is 0 Å². The van der Waals surface area contributed by atoms with Crippen LogP contribution in [-0.4, -0.2) is 97.6 Å². The first-order valence-electron chi connectivity index (χ1n) is 10.8. The highest BCUT2D eigenvalue weighted by Gasteiger charge is 2.44. The Hall–Kier alpha value is -2.57. The smallest absolute Gasteiger partial charge is 0.420 e. The summed E-state index contributed by atoms with van der Waals surface area (Å²) in [5, 5.41) is 0. The molecule has 12 heteroatoms. The van der Waals surface area contributed by atoms with Gasteiger partial charge in [-0.25, -0.2) is 14.4 Å². The van der Waals surface area contributed by atoms with Crippen molar-refractivity contribution in [3.05, 3.63) is 0 Å². The maximum Gasteiger partial charge on any atom is 0.420 e. The van der Waals surface area contributed by atoms with Crippen molar-refractivity contribution in [1.29, 1.82) is 0 Å². The van der Waals surface area contributed by atoms with Crippen LogP contribution < -0.4 is 0 Å². The largest absolute Gasteiger partial charge is 0.458 e. The van der Waals surface area contributed by atoms with Crippen LogP contribution in [0.5, 0.6) is 0 Å².